The minimum Gasteiger partial charge on any atom is -0.481 e. The number of benzene rings is 1. The van der Waals surface area contributed by atoms with Crippen LogP contribution < -0.4 is 10.1 Å². The second kappa shape index (κ2) is 6.30. The van der Waals surface area contributed by atoms with E-state index in [0.717, 1.165) is 31.8 Å². The van der Waals surface area contributed by atoms with Gasteiger partial charge in [-0.25, -0.2) is 0 Å². The number of amidine groups is 1. The van der Waals surface area contributed by atoms with Gasteiger partial charge in [-0.3, -0.25) is 4.99 Å². The summed E-state index contributed by atoms with van der Waals surface area (Å²) in [4.78, 5) is 4.41. The molecule has 1 atom stereocenters. The Morgan fingerprint density at radius 1 is 1.44 bits per heavy atom. The fourth-order valence-electron chi connectivity index (χ4n) is 1.87. The molecule has 1 heterocycles. The van der Waals surface area contributed by atoms with E-state index < -0.39 is 0 Å². The Bertz CT molecular complexity index is 449. The Morgan fingerprint density at radius 2 is 2.28 bits per heavy atom. The zero-order chi connectivity index (χ0) is 13.0. The SMILES string of the molecule is CCCC(Oc1cccc(Cl)c1Cl)C1=NCCN1. The van der Waals surface area contributed by atoms with Crippen LogP contribution in [-0.4, -0.2) is 25.0 Å². The summed E-state index contributed by atoms with van der Waals surface area (Å²) in [6.45, 7) is 3.80. The number of hydrogen-bond donors (Lipinski definition) is 1. The minimum absolute atomic E-state index is 0.0755. The van der Waals surface area contributed by atoms with Crippen LogP contribution in [0.2, 0.25) is 10.0 Å². The van der Waals surface area contributed by atoms with Gasteiger partial charge >= 0.3 is 0 Å². The molecule has 0 bridgehead atoms. The van der Waals surface area contributed by atoms with Crippen molar-refractivity contribution in [3.63, 3.8) is 0 Å². The first-order valence-electron chi connectivity index (χ1n) is 6.11. The molecular weight excluding hydrogens is 271 g/mol. The maximum Gasteiger partial charge on any atom is 0.155 e. The molecule has 1 N–H and O–H groups in total. The molecule has 0 amide bonds. The summed E-state index contributed by atoms with van der Waals surface area (Å²) >= 11 is 12.1. The molecule has 5 heteroatoms. The molecule has 1 aliphatic rings. The maximum absolute atomic E-state index is 6.13. The van der Waals surface area contributed by atoms with Crippen LogP contribution in [0.3, 0.4) is 0 Å². The smallest absolute Gasteiger partial charge is 0.155 e. The van der Waals surface area contributed by atoms with Gasteiger partial charge in [-0.2, -0.15) is 0 Å². The third-order valence-corrected chi connectivity index (χ3v) is 3.54. The lowest BCUT2D eigenvalue weighted by atomic mass is 10.2. The number of halogens is 2. The van der Waals surface area contributed by atoms with Gasteiger partial charge in [-0.05, 0) is 18.6 Å². The molecule has 3 nitrogen and oxygen atoms in total. The fraction of sp³-hybridized carbons (Fsp3) is 0.462. The van der Waals surface area contributed by atoms with Crippen LogP contribution in [0.4, 0.5) is 0 Å². The Kier molecular flexibility index (Phi) is 4.72. The maximum atomic E-state index is 6.13. The molecule has 1 aromatic carbocycles. The molecule has 1 aliphatic heterocycles. The summed E-state index contributed by atoms with van der Waals surface area (Å²) in [6.07, 6.45) is 1.84. The third kappa shape index (κ3) is 3.09. The Morgan fingerprint density at radius 3 is 2.94 bits per heavy atom. The average Bonchev–Trinajstić information content (AvgIpc) is 2.88. The number of nitrogens with zero attached hydrogens (tertiary/aromatic N) is 1. The van der Waals surface area contributed by atoms with E-state index in [-0.39, 0.29) is 6.10 Å². The number of aliphatic imine (C=N–C) groups is 1. The average molecular weight is 287 g/mol. The van der Waals surface area contributed by atoms with Crippen LogP contribution in [0.15, 0.2) is 23.2 Å². The predicted octanol–water partition coefficient (Wildman–Crippen LogP) is 3.54. The highest BCUT2D eigenvalue weighted by Gasteiger charge is 2.21. The number of ether oxygens (including phenoxy) is 1. The van der Waals surface area contributed by atoms with E-state index in [2.05, 4.69) is 17.2 Å². The van der Waals surface area contributed by atoms with Crippen LogP contribution in [0, 0.1) is 0 Å². The second-order valence-corrected chi connectivity index (χ2v) is 4.93. The van der Waals surface area contributed by atoms with Gasteiger partial charge in [0, 0.05) is 6.54 Å². The van der Waals surface area contributed by atoms with Gasteiger partial charge in [0.05, 0.1) is 11.6 Å². The van der Waals surface area contributed by atoms with E-state index in [1.54, 1.807) is 6.07 Å². The van der Waals surface area contributed by atoms with Crippen molar-refractivity contribution in [1.82, 2.24) is 5.32 Å². The zero-order valence-electron chi connectivity index (χ0n) is 10.2. The lowest BCUT2D eigenvalue weighted by Gasteiger charge is -2.20. The van der Waals surface area contributed by atoms with Crippen LogP contribution >= 0.6 is 23.2 Å². The number of rotatable bonds is 5. The number of hydrogen-bond acceptors (Lipinski definition) is 3. The summed E-state index contributed by atoms with van der Waals surface area (Å²) in [5, 5.41) is 4.21. The van der Waals surface area contributed by atoms with Crippen LogP contribution in [0.1, 0.15) is 19.8 Å². The topological polar surface area (TPSA) is 33.6 Å². The minimum atomic E-state index is -0.0755. The summed E-state index contributed by atoms with van der Waals surface area (Å²) in [7, 11) is 0. The molecule has 1 unspecified atom stereocenters. The first-order valence-corrected chi connectivity index (χ1v) is 6.87. The van der Waals surface area contributed by atoms with Crippen molar-refractivity contribution in [2.75, 3.05) is 13.1 Å². The van der Waals surface area contributed by atoms with E-state index in [4.69, 9.17) is 27.9 Å². The zero-order valence-corrected chi connectivity index (χ0v) is 11.8. The van der Waals surface area contributed by atoms with Crippen molar-refractivity contribution in [3.8, 4) is 5.75 Å². The van der Waals surface area contributed by atoms with Crippen molar-refractivity contribution >= 4 is 29.0 Å². The van der Waals surface area contributed by atoms with Gasteiger partial charge in [-0.15, -0.1) is 0 Å². The van der Waals surface area contributed by atoms with Gasteiger partial charge in [0.15, 0.2) is 6.10 Å². The lowest BCUT2D eigenvalue weighted by Crippen LogP contribution is -2.35. The summed E-state index contributed by atoms with van der Waals surface area (Å²) in [5.41, 5.74) is 0. The first-order chi connectivity index (χ1) is 8.72. The molecule has 0 aromatic heterocycles. The van der Waals surface area contributed by atoms with Crippen LogP contribution in [0.5, 0.6) is 5.75 Å². The van der Waals surface area contributed by atoms with Crippen molar-refractivity contribution in [2.24, 2.45) is 4.99 Å². The van der Waals surface area contributed by atoms with Gasteiger partial charge in [0.1, 0.15) is 16.6 Å². The molecule has 0 aliphatic carbocycles. The molecule has 0 radical (unpaired) electrons. The van der Waals surface area contributed by atoms with Gasteiger partial charge in [0.2, 0.25) is 0 Å². The Hall–Kier alpha value is -0.930. The Labute approximate surface area is 117 Å². The molecule has 0 fully saturated rings. The monoisotopic (exact) mass is 286 g/mol. The number of nitrogens with one attached hydrogen (secondary N) is 1. The molecule has 18 heavy (non-hydrogen) atoms. The van der Waals surface area contributed by atoms with Crippen LogP contribution in [-0.2, 0) is 0 Å². The molecule has 2 rings (SSSR count). The van der Waals surface area contributed by atoms with Crippen molar-refractivity contribution in [3.05, 3.63) is 28.2 Å². The quantitative estimate of drug-likeness (QED) is 0.898. The highest BCUT2D eigenvalue weighted by atomic mass is 35.5. The van der Waals surface area contributed by atoms with E-state index in [1.165, 1.54) is 0 Å². The normalized spacial score (nSPS) is 16.1. The molecule has 0 saturated carbocycles. The standard InChI is InChI=1S/C13H16Cl2N2O/c1-2-4-11(13-16-7-8-17-13)18-10-6-3-5-9(14)12(10)15/h3,5-6,11H,2,4,7-8H2,1H3,(H,16,17). The van der Waals surface area contributed by atoms with Crippen molar-refractivity contribution in [1.29, 1.82) is 0 Å². The van der Waals surface area contributed by atoms with Crippen molar-refractivity contribution in [2.45, 2.75) is 25.9 Å². The third-order valence-electron chi connectivity index (χ3n) is 2.74. The van der Waals surface area contributed by atoms with Gasteiger partial charge in [0.25, 0.3) is 0 Å². The highest BCUT2D eigenvalue weighted by molar-refractivity contribution is 6.42. The summed E-state index contributed by atoms with van der Waals surface area (Å²) < 4.78 is 5.94. The van der Waals surface area contributed by atoms with Crippen molar-refractivity contribution < 1.29 is 4.74 Å². The molecule has 0 saturated heterocycles. The molecule has 98 valence electrons. The van der Waals surface area contributed by atoms with E-state index >= 15 is 0 Å². The van der Waals surface area contributed by atoms with Gasteiger partial charge < -0.3 is 10.1 Å². The molecule has 1 aromatic rings. The summed E-state index contributed by atoms with van der Waals surface area (Å²) in [5.74, 6) is 1.52. The predicted molar refractivity (Wildman–Crippen MR) is 76.1 cm³/mol. The first kappa shape index (κ1) is 13.5. The molecular formula is C13H16Cl2N2O. The van der Waals surface area contributed by atoms with E-state index in [9.17, 15) is 0 Å². The largest absolute Gasteiger partial charge is 0.481 e. The van der Waals surface area contributed by atoms with E-state index in [1.807, 2.05) is 12.1 Å². The second-order valence-electron chi connectivity index (χ2n) is 4.14. The molecule has 0 spiro atoms. The highest BCUT2D eigenvalue weighted by Crippen LogP contribution is 2.32. The fourth-order valence-corrected chi connectivity index (χ4v) is 2.21. The Balaban J connectivity index is 2.15. The van der Waals surface area contributed by atoms with Gasteiger partial charge in [-0.1, -0.05) is 42.6 Å². The van der Waals surface area contributed by atoms with E-state index in [0.29, 0.717) is 15.8 Å². The lowest BCUT2D eigenvalue weighted by molar-refractivity contribution is 0.252. The summed E-state index contributed by atoms with van der Waals surface area (Å²) in [6, 6.07) is 5.40. The van der Waals surface area contributed by atoms with Crippen LogP contribution in [0.25, 0.3) is 0 Å².